The Morgan fingerprint density at radius 2 is 1.95 bits per heavy atom. The predicted molar refractivity (Wildman–Crippen MR) is 83.2 cm³/mol. The molecule has 0 bridgehead atoms. The van der Waals surface area contributed by atoms with Crippen molar-refractivity contribution in [3.05, 3.63) is 12.2 Å². The van der Waals surface area contributed by atoms with E-state index in [1.807, 2.05) is 6.92 Å². The Bertz CT molecular complexity index is 367. The summed E-state index contributed by atoms with van der Waals surface area (Å²) in [5.41, 5.74) is 0. The molecule has 21 heavy (non-hydrogen) atoms. The van der Waals surface area contributed by atoms with Crippen LogP contribution in [0.3, 0.4) is 0 Å². The topological polar surface area (TPSA) is 54.0 Å². The smallest absolute Gasteiger partial charge is 0.370 e. The Labute approximate surface area is 128 Å². The molecule has 6 heteroatoms. The van der Waals surface area contributed by atoms with Gasteiger partial charge in [-0.2, -0.15) is 0 Å². The number of esters is 1. The van der Waals surface area contributed by atoms with Crippen LogP contribution in [0.1, 0.15) is 39.5 Å². The monoisotopic (exact) mass is 316 g/mol. The molecule has 1 rings (SSSR count). The van der Waals surface area contributed by atoms with E-state index in [-0.39, 0.29) is 12.1 Å². The summed E-state index contributed by atoms with van der Waals surface area (Å²) in [5.74, 6) is -0.325. The fourth-order valence-electron chi connectivity index (χ4n) is 3.32. The van der Waals surface area contributed by atoms with Crippen molar-refractivity contribution in [2.45, 2.75) is 56.9 Å². The third kappa shape index (κ3) is 3.94. The molecule has 0 aromatic heterocycles. The molecule has 2 unspecified atom stereocenters. The van der Waals surface area contributed by atoms with Gasteiger partial charge in [0.25, 0.3) is 0 Å². The van der Waals surface area contributed by atoms with Gasteiger partial charge in [-0.1, -0.05) is 18.9 Å². The van der Waals surface area contributed by atoms with Gasteiger partial charge < -0.3 is 18.3 Å². The van der Waals surface area contributed by atoms with Crippen molar-refractivity contribution in [1.29, 1.82) is 0 Å². The zero-order valence-corrected chi connectivity index (χ0v) is 14.8. The molecule has 1 aliphatic heterocycles. The first-order valence-corrected chi connectivity index (χ1v) is 9.50. The average Bonchev–Trinajstić information content (AvgIpc) is 2.47. The normalized spacial score (nSPS) is 26.7. The van der Waals surface area contributed by atoms with E-state index < -0.39 is 13.8 Å². The second-order valence-electron chi connectivity index (χ2n) is 5.52. The highest BCUT2D eigenvalue weighted by Gasteiger charge is 2.59. The molecule has 1 heterocycles. The third-order valence-corrected chi connectivity index (χ3v) is 8.70. The van der Waals surface area contributed by atoms with Gasteiger partial charge in [-0.25, -0.2) is 4.79 Å². The minimum atomic E-state index is -2.47. The molecule has 0 aliphatic carbocycles. The van der Waals surface area contributed by atoms with Crippen LogP contribution in [0.25, 0.3) is 0 Å². The first-order chi connectivity index (χ1) is 9.99. The number of carbonyl (C=O) groups is 1. The number of rotatable bonds is 7. The Morgan fingerprint density at radius 3 is 2.48 bits per heavy atom. The van der Waals surface area contributed by atoms with Crippen LogP contribution in [0, 0.1) is 0 Å². The van der Waals surface area contributed by atoms with E-state index in [2.05, 4.69) is 0 Å². The van der Waals surface area contributed by atoms with Crippen LogP contribution in [0.5, 0.6) is 0 Å². The molecule has 1 saturated heterocycles. The van der Waals surface area contributed by atoms with Gasteiger partial charge in [0.15, 0.2) is 0 Å². The maximum atomic E-state index is 11.6. The average molecular weight is 316 g/mol. The molecule has 2 atom stereocenters. The fourth-order valence-corrected chi connectivity index (χ4v) is 7.28. The van der Waals surface area contributed by atoms with Gasteiger partial charge in [0.05, 0.1) is 0 Å². The SMILES string of the molecule is CC=CC(=O)OC(C)CC1(OC)CCCC[Si]1(OC)OC. The van der Waals surface area contributed by atoms with E-state index in [9.17, 15) is 4.79 Å². The lowest BCUT2D eigenvalue weighted by atomic mass is 10.0. The summed E-state index contributed by atoms with van der Waals surface area (Å²) in [5, 5.41) is -0.468. The zero-order valence-electron chi connectivity index (χ0n) is 13.8. The Kier molecular flexibility index (Phi) is 7.06. The van der Waals surface area contributed by atoms with Crippen LogP contribution < -0.4 is 0 Å². The molecule has 0 amide bonds. The molecular weight excluding hydrogens is 288 g/mol. The highest BCUT2D eigenvalue weighted by molar-refractivity contribution is 6.70. The van der Waals surface area contributed by atoms with Crippen LogP contribution in [0.4, 0.5) is 0 Å². The minimum Gasteiger partial charge on any atom is -0.459 e. The Morgan fingerprint density at radius 1 is 1.29 bits per heavy atom. The van der Waals surface area contributed by atoms with Crippen molar-refractivity contribution in [3.63, 3.8) is 0 Å². The largest absolute Gasteiger partial charge is 0.459 e. The fraction of sp³-hybridized carbons (Fsp3) is 0.800. The van der Waals surface area contributed by atoms with E-state index in [0.29, 0.717) is 6.42 Å². The molecule has 1 aliphatic rings. The van der Waals surface area contributed by atoms with Gasteiger partial charge in [-0.15, -0.1) is 0 Å². The van der Waals surface area contributed by atoms with Gasteiger partial charge in [0, 0.05) is 33.8 Å². The zero-order chi connectivity index (χ0) is 15.9. The van der Waals surface area contributed by atoms with Gasteiger partial charge in [0.1, 0.15) is 11.3 Å². The van der Waals surface area contributed by atoms with Gasteiger partial charge in [0.2, 0.25) is 0 Å². The van der Waals surface area contributed by atoms with E-state index in [0.717, 1.165) is 25.3 Å². The summed E-state index contributed by atoms with van der Waals surface area (Å²) in [4.78, 5) is 11.6. The first kappa shape index (κ1) is 18.4. The number of hydrogen-bond acceptors (Lipinski definition) is 5. The standard InChI is InChI=1S/C15H28O5Si/c1-6-9-14(16)20-13(2)12-15(17-3)10-7-8-11-21(15,18-4)19-5/h6,9,13H,7-8,10-12H2,1-5H3. The molecule has 0 aromatic carbocycles. The van der Waals surface area contributed by atoms with E-state index in [1.165, 1.54) is 6.08 Å². The molecular formula is C15H28O5Si. The molecule has 0 N–H and O–H groups in total. The molecule has 1 fully saturated rings. The van der Waals surface area contributed by atoms with E-state index >= 15 is 0 Å². The van der Waals surface area contributed by atoms with E-state index in [1.54, 1.807) is 34.3 Å². The third-order valence-electron chi connectivity index (χ3n) is 4.32. The number of carbonyl (C=O) groups excluding carboxylic acids is 1. The van der Waals surface area contributed by atoms with E-state index in [4.69, 9.17) is 18.3 Å². The lowest BCUT2D eigenvalue weighted by molar-refractivity contribution is -0.145. The molecule has 0 saturated carbocycles. The van der Waals surface area contributed by atoms with Crippen molar-refractivity contribution in [2.24, 2.45) is 0 Å². The predicted octanol–water partition coefficient (Wildman–Crippen LogP) is 2.73. The van der Waals surface area contributed by atoms with Crippen LogP contribution in [0.15, 0.2) is 12.2 Å². The Balaban J connectivity index is 2.88. The van der Waals surface area contributed by atoms with Crippen LogP contribution in [-0.4, -0.2) is 47.2 Å². The summed E-state index contributed by atoms with van der Waals surface area (Å²) >= 11 is 0. The molecule has 0 radical (unpaired) electrons. The van der Waals surface area contributed by atoms with Crippen molar-refractivity contribution in [1.82, 2.24) is 0 Å². The van der Waals surface area contributed by atoms with Gasteiger partial charge in [-0.3, -0.25) is 0 Å². The highest BCUT2D eigenvalue weighted by atomic mass is 28.4. The molecule has 0 aromatic rings. The summed E-state index contributed by atoms with van der Waals surface area (Å²) in [6.07, 6.45) is 6.49. The summed E-state index contributed by atoms with van der Waals surface area (Å²) < 4.78 is 22.9. The van der Waals surface area contributed by atoms with Crippen LogP contribution >= 0.6 is 0 Å². The van der Waals surface area contributed by atoms with Gasteiger partial charge >= 0.3 is 14.5 Å². The number of methoxy groups -OCH3 is 1. The second kappa shape index (κ2) is 8.08. The van der Waals surface area contributed by atoms with Crippen molar-refractivity contribution in [2.75, 3.05) is 21.3 Å². The molecule has 5 nitrogen and oxygen atoms in total. The van der Waals surface area contributed by atoms with Crippen LogP contribution in [-0.2, 0) is 23.1 Å². The Hall–Kier alpha value is -0.693. The second-order valence-corrected chi connectivity index (χ2v) is 9.25. The quantitative estimate of drug-likeness (QED) is 0.411. The lowest BCUT2D eigenvalue weighted by Gasteiger charge is -2.48. The lowest BCUT2D eigenvalue weighted by Crippen LogP contribution is -2.65. The van der Waals surface area contributed by atoms with Crippen molar-refractivity contribution in [3.8, 4) is 0 Å². The molecule has 122 valence electrons. The number of ether oxygens (including phenoxy) is 2. The summed E-state index contributed by atoms with van der Waals surface area (Å²) in [6, 6.07) is 0.906. The number of hydrogen-bond donors (Lipinski definition) is 0. The first-order valence-electron chi connectivity index (χ1n) is 7.48. The number of allylic oxidation sites excluding steroid dienone is 1. The summed E-state index contributed by atoms with van der Waals surface area (Å²) in [7, 11) is 2.63. The maximum Gasteiger partial charge on any atom is 0.370 e. The minimum absolute atomic E-state index is 0.246. The van der Waals surface area contributed by atoms with Crippen LogP contribution in [0.2, 0.25) is 6.04 Å². The summed E-state index contributed by atoms with van der Waals surface area (Å²) in [6.45, 7) is 3.68. The molecule has 0 spiro atoms. The van der Waals surface area contributed by atoms with Gasteiger partial charge in [-0.05, 0) is 26.3 Å². The maximum absolute atomic E-state index is 11.6. The van der Waals surface area contributed by atoms with Crippen molar-refractivity contribution < 1.29 is 23.1 Å². The van der Waals surface area contributed by atoms with Crippen molar-refractivity contribution >= 4 is 14.5 Å². The highest BCUT2D eigenvalue weighted by Crippen LogP contribution is 2.43.